The lowest BCUT2D eigenvalue weighted by molar-refractivity contribution is 0.757. The van der Waals surface area contributed by atoms with Gasteiger partial charge in [-0.3, -0.25) is 0 Å². The summed E-state index contributed by atoms with van der Waals surface area (Å²) in [6.45, 7) is 2.03. The Kier molecular flexibility index (Phi) is 1.55. The minimum atomic E-state index is 0.363. The molecule has 2 heteroatoms. The SMILES string of the molecule is CC1C=CC(C#N)=CN1. The third-order valence-corrected chi connectivity index (χ3v) is 1.20. The van der Waals surface area contributed by atoms with E-state index in [9.17, 15) is 0 Å². The van der Waals surface area contributed by atoms with E-state index < -0.39 is 0 Å². The molecule has 1 rings (SSSR count). The number of nitriles is 1. The average Bonchev–Trinajstić information content (AvgIpc) is 1.90. The van der Waals surface area contributed by atoms with Gasteiger partial charge in [0.05, 0.1) is 5.57 Å². The first-order chi connectivity index (χ1) is 4.33. The first-order valence-electron chi connectivity index (χ1n) is 2.87. The Bertz CT molecular complexity index is 195. The van der Waals surface area contributed by atoms with Crippen molar-refractivity contribution in [3.05, 3.63) is 23.9 Å². The van der Waals surface area contributed by atoms with Crippen molar-refractivity contribution in [1.29, 1.82) is 5.26 Å². The van der Waals surface area contributed by atoms with Crippen LogP contribution in [0.25, 0.3) is 0 Å². The number of allylic oxidation sites excluding steroid dienone is 2. The molecule has 1 N–H and O–H groups in total. The van der Waals surface area contributed by atoms with Gasteiger partial charge in [0, 0.05) is 12.2 Å². The van der Waals surface area contributed by atoms with Crippen molar-refractivity contribution < 1.29 is 0 Å². The van der Waals surface area contributed by atoms with Gasteiger partial charge in [-0.05, 0) is 13.0 Å². The lowest BCUT2D eigenvalue weighted by Gasteiger charge is -2.09. The van der Waals surface area contributed by atoms with Crippen LogP contribution in [-0.2, 0) is 0 Å². The molecule has 0 aromatic heterocycles. The van der Waals surface area contributed by atoms with E-state index in [2.05, 4.69) is 5.32 Å². The lowest BCUT2D eigenvalue weighted by atomic mass is 10.2. The van der Waals surface area contributed by atoms with Gasteiger partial charge in [0.2, 0.25) is 0 Å². The number of rotatable bonds is 0. The van der Waals surface area contributed by atoms with Crippen molar-refractivity contribution >= 4 is 0 Å². The molecule has 0 aromatic carbocycles. The highest BCUT2D eigenvalue weighted by Crippen LogP contribution is 2.00. The van der Waals surface area contributed by atoms with Gasteiger partial charge in [0.1, 0.15) is 6.07 Å². The van der Waals surface area contributed by atoms with Crippen LogP contribution in [0.1, 0.15) is 6.92 Å². The molecule has 1 aliphatic rings. The van der Waals surface area contributed by atoms with E-state index >= 15 is 0 Å². The number of hydrogen-bond acceptors (Lipinski definition) is 2. The zero-order chi connectivity index (χ0) is 6.69. The summed E-state index contributed by atoms with van der Waals surface area (Å²) in [5.74, 6) is 0. The molecule has 1 atom stereocenters. The second-order valence-electron chi connectivity index (χ2n) is 2.03. The predicted molar refractivity (Wildman–Crippen MR) is 35.4 cm³/mol. The van der Waals surface area contributed by atoms with Crippen molar-refractivity contribution in [3.8, 4) is 6.07 Å². The maximum Gasteiger partial charge on any atom is 0.101 e. The first-order valence-corrected chi connectivity index (χ1v) is 2.87. The number of dihydropyridines is 1. The molecule has 46 valence electrons. The fraction of sp³-hybridized carbons (Fsp3) is 0.286. The van der Waals surface area contributed by atoms with Crippen molar-refractivity contribution in [2.45, 2.75) is 13.0 Å². The highest BCUT2D eigenvalue weighted by atomic mass is 14.9. The second kappa shape index (κ2) is 2.36. The Morgan fingerprint density at radius 3 is 3.00 bits per heavy atom. The molecule has 0 saturated carbocycles. The Balaban J connectivity index is 2.66. The van der Waals surface area contributed by atoms with Crippen LogP contribution in [0, 0.1) is 11.3 Å². The van der Waals surface area contributed by atoms with Gasteiger partial charge in [0.15, 0.2) is 0 Å². The molecular formula is C7H8N2. The second-order valence-corrected chi connectivity index (χ2v) is 2.03. The van der Waals surface area contributed by atoms with Crippen molar-refractivity contribution in [1.82, 2.24) is 5.32 Å². The largest absolute Gasteiger partial charge is 0.384 e. The molecule has 2 nitrogen and oxygen atoms in total. The van der Waals surface area contributed by atoms with E-state index in [4.69, 9.17) is 5.26 Å². The van der Waals surface area contributed by atoms with Crippen LogP contribution in [-0.4, -0.2) is 6.04 Å². The summed E-state index contributed by atoms with van der Waals surface area (Å²) in [4.78, 5) is 0. The van der Waals surface area contributed by atoms with Crippen LogP contribution in [0.2, 0.25) is 0 Å². The number of nitrogens with zero attached hydrogens (tertiary/aromatic N) is 1. The van der Waals surface area contributed by atoms with Gasteiger partial charge in [-0.1, -0.05) is 6.08 Å². The first kappa shape index (κ1) is 5.90. The van der Waals surface area contributed by atoms with Gasteiger partial charge >= 0.3 is 0 Å². The van der Waals surface area contributed by atoms with E-state index in [1.54, 1.807) is 6.20 Å². The van der Waals surface area contributed by atoms with Crippen LogP contribution in [0.4, 0.5) is 0 Å². The number of nitrogens with one attached hydrogen (secondary N) is 1. The molecular weight excluding hydrogens is 112 g/mol. The molecule has 9 heavy (non-hydrogen) atoms. The monoisotopic (exact) mass is 120 g/mol. The molecule has 1 aliphatic heterocycles. The predicted octanol–water partition coefficient (Wildman–Crippen LogP) is 0.942. The third kappa shape index (κ3) is 1.33. The summed E-state index contributed by atoms with van der Waals surface area (Å²) in [5.41, 5.74) is 0.688. The summed E-state index contributed by atoms with van der Waals surface area (Å²) in [5, 5.41) is 11.4. The van der Waals surface area contributed by atoms with Crippen LogP contribution < -0.4 is 5.32 Å². The van der Waals surface area contributed by atoms with E-state index in [1.807, 2.05) is 25.1 Å². The highest BCUT2D eigenvalue weighted by Gasteiger charge is 1.98. The summed E-state index contributed by atoms with van der Waals surface area (Å²) in [7, 11) is 0. The Hall–Kier alpha value is -1.23. The van der Waals surface area contributed by atoms with Crippen molar-refractivity contribution in [2.24, 2.45) is 0 Å². The zero-order valence-corrected chi connectivity index (χ0v) is 5.26. The third-order valence-electron chi connectivity index (χ3n) is 1.20. The Labute approximate surface area is 54.5 Å². The summed E-state index contributed by atoms with van der Waals surface area (Å²) in [6.07, 6.45) is 5.50. The maximum absolute atomic E-state index is 8.37. The van der Waals surface area contributed by atoms with Gasteiger partial charge < -0.3 is 5.32 Å². The summed E-state index contributed by atoms with van der Waals surface area (Å²) < 4.78 is 0. The summed E-state index contributed by atoms with van der Waals surface area (Å²) >= 11 is 0. The molecule has 0 aliphatic carbocycles. The topological polar surface area (TPSA) is 35.8 Å². The lowest BCUT2D eigenvalue weighted by Crippen LogP contribution is -2.20. The Morgan fingerprint density at radius 1 is 1.78 bits per heavy atom. The van der Waals surface area contributed by atoms with Crippen LogP contribution >= 0.6 is 0 Å². The Morgan fingerprint density at radius 2 is 2.56 bits per heavy atom. The van der Waals surface area contributed by atoms with Crippen LogP contribution in [0.3, 0.4) is 0 Å². The van der Waals surface area contributed by atoms with Gasteiger partial charge in [0.25, 0.3) is 0 Å². The highest BCUT2D eigenvalue weighted by molar-refractivity contribution is 5.35. The molecule has 1 unspecified atom stereocenters. The zero-order valence-electron chi connectivity index (χ0n) is 5.26. The smallest absolute Gasteiger partial charge is 0.101 e. The molecule has 0 aromatic rings. The molecule has 0 amide bonds. The maximum atomic E-state index is 8.37. The van der Waals surface area contributed by atoms with E-state index in [0.29, 0.717) is 11.6 Å². The quantitative estimate of drug-likeness (QED) is 0.516. The standard InChI is InChI=1S/C7H8N2/c1-6-2-3-7(4-8)5-9-6/h2-3,5-6,9H,1H3. The molecule has 0 radical (unpaired) electrons. The molecule has 0 spiro atoms. The minimum Gasteiger partial charge on any atom is -0.384 e. The van der Waals surface area contributed by atoms with Crippen LogP contribution in [0.15, 0.2) is 23.9 Å². The molecule has 1 heterocycles. The van der Waals surface area contributed by atoms with Crippen LogP contribution in [0.5, 0.6) is 0 Å². The van der Waals surface area contributed by atoms with E-state index in [0.717, 1.165) is 0 Å². The van der Waals surface area contributed by atoms with Crippen molar-refractivity contribution in [2.75, 3.05) is 0 Å². The number of hydrogen-bond donors (Lipinski definition) is 1. The van der Waals surface area contributed by atoms with Gasteiger partial charge in [-0.2, -0.15) is 5.26 Å². The molecule has 0 fully saturated rings. The summed E-state index contributed by atoms with van der Waals surface area (Å²) in [6, 6.07) is 2.40. The van der Waals surface area contributed by atoms with E-state index in [-0.39, 0.29) is 0 Å². The minimum absolute atomic E-state index is 0.363. The van der Waals surface area contributed by atoms with Crippen molar-refractivity contribution in [3.63, 3.8) is 0 Å². The molecule has 0 bridgehead atoms. The van der Waals surface area contributed by atoms with Gasteiger partial charge in [-0.15, -0.1) is 0 Å². The fourth-order valence-electron chi connectivity index (χ4n) is 0.642. The van der Waals surface area contributed by atoms with Gasteiger partial charge in [-0.25, -0.2) is 0 Å². The fourth-order valence-corrected chi connectivity index (χ4v) is 0.642. The average molecular weight is 120 g/mol. The normalized spacial score (nSPS) is 24.0. The molecule has 0 saturated heterocycles. The van der Waals surface area contributed by atoms with E-state index in [1.165, 1.54) is 0 Å².